The zero-order chi connectivity index (χ0) is 9.14. The Balaban J connectivity index is 0.00000144. The summed E-state index contributed by atoms with van der Waals surface area (Å²) >= 11 is 0. The van der Waals surface area contributed by atoms with E-state index in [1.165, 1.54) is 6.92 Å². The third-order valence-electron chi connectivity index (χ3n) is 2.49. The molecule has 0 aliphatic heterocycles. The molecule has 0 aromatic rings. The van der Waals surface area contributed by atoms with Crippen LogP contribution < -0.4 is 5.73 Å². The van der Waals surface area contributed by atoms with Gasteiger partial charge in [0.15, 0.2) is 0 Å². The number of rotatable bonds is 3. The Morgan fingerprint density at radius 1 is 1.69 bits per heavy atom. The molecule has 1 unspecified atom stereocenters. The van der Waals surface area contributed by atoms with Crippen LogP contribution in [0.4, 0.5) is 0 Å². The van der Waals surface area contributed by atoms with Crippen molar-refractivity contribution in [2.24, 2.45) is 11.7 Å². The van der Waals surface area contributed by atoms with Crippen molar-refractivity contribution < 1.29 is 9.59 Å². The van der Waals surface area contributed by atoms with E-state index < -0.39 is 6.04 Å². The van der Waals surface area contributed by atoms with Gasteiger partial charge in [-0.2, -0.15) is 13.5 Å². The van der Waals surface area contributed by atoms with Crippen LogP contribution in [-0.2, 0) is 9.59 Å². The Labute approximate surface area is 85.5 Å². The molecular formula is C9H17NO2S. The highest BCUT2D eigenvalue weighted by Gasteiger charge is 2.27. The molecule has 0 heterocycles. The summed E-state index contributed by atoms with van der Waals surface area (Å²) in [6, 6.07) is -0.433. The monoisotopic (exact) mass is 203 g/mol. The Morgan fingerprint density at radius 3 is 2.69 bits per heavy atom. The predicted molar refractivity (Wildman–Crippen MR) is 56.0 cm³/mol. The lowest BCUT2D eigenvalue weighted by Gasteiger charge is -2.11. The second kappa shape index (κ2) is 5.40. The summed E-state index contributed by atoms with van der Waals surface area (Å²) in [6.07, 6.45) is 3.11. The van der Waals surface area contributed by atoms with Gasteiger partial charge < -0.3 is 5.73 Å². The largest absolute Gasteiger partial charge is 0.321 e. The first-order chi connectivity index (χ1) is 5.61. The number of hydrogen-bond acceptors (Lipinski definition) is 3. The van der Waals surface area contributed by atoms with Gasteiger partial charge >= 0.3 is 0 Å². The van der Waals surface area contributed by atoms with E-state index in [1.807, 2.05) is 0 Å². The molecule has 1 rings (SSSR count). The molecule has 0 bridgehead atoms. The number of Topliss-reactive ketones (excluding diaryl/α,β-unsaturated/α-hetero) is 2. The molecule has 2 N–H and O–H groups in total. The lowest BCUT2D eigenvalue weighted by molar-refractivity contribution is -0.121. The highest BCUT2D eigenvalue weighted by molar-refractivity contribution is 7.59. The summed E-state index contributed by atoms with van der Waals surface area (Å²) in [5, 5.41) is 0. The fraction of sp³-hybridized carbons (Fsp3) is 0.778. The zero-order valence-corrected chi connectivity index (χ0v) is 8.88. The van der Waals surface area contributed by atoms with Crippen LogP contribution in [0.15, 0.2) is 0 Å². The number of carbonyl (C=O) groups is 2. The van der Waals surface area contributed by atoms with Crippen molar-refractivity contribution >= 4 is 25.1 Å². The van der Waals surface area contributed by atoms with E-state index in [-0.39, 0.29) is 31.0 Å². The summed E-state index contributed by atoms with van der Waals surface area (Å²) < 4.78 is 0. The van der Waals surface area contributed by atoms with Crippen molar-refractivity contribution in [2.45, 2.75) is 38.6 Å². The lowest BCUT2D eigenvalue weighted by atomic mass is 9.96. The van der Waals surface area contributed by atoms with E-state index >= 15 is 0 Å². The van der Waals surface area contributed by atoms with E-state index in [4.69, 9.17) is 5.73 Å². The summed E-state index contributed by atoms with van der Waals surface area (Å²) in [4.78, 5) is 22.0. The fourth-order valence-corrected chi connectivity index (χ4v) is 1.61. The summed E-state index contributed by atoms with van der Waals surface area (Å²) in [5.41, 5.74) is 5.56. The normalized spacial score (nSPS) is 23.8. The molecule has 1 aliphatic carbocycles. The minimum absolute atomic E-state index is 0. The van der Waals surface area contributed by atoms with E-state index in [9.17, 15) is 9.59 Å². The van der Waals surface area contributed by atoms with Gasteiger partial charge in [0.1, 0.15) is 11.6 Å². The SMILES string of the molecule is CC(=O)[C@@H](N)CC1CCCC1=O.S. The Hall–Kier alpha value is -0.350. The van der Waals surface area contributed by atoms with Gasteiger partial charge in [-0.1, -0.05) is 0 Å². The number of carbonyl (C=O) groups excluding carboxylic acids is 2. The summed E-state index contributed by atoms with van der Waals surface area (Å²) in [6.45, 7) is 1.48. The minimum Gasteiger partial charge on any atom is -0.321 e. The predicted octanol–water partition coefficient (Wildman–Crippen LogP) is 0.775. The van der Waals surface area contributed by atoms with Crippen LogP contribution in [0.3, 0.4) is 0 Å². The number of hydrogen-bond donors (Lipinski definition) is 1. The standard InChI is InChI=1S/C9H15NO2.H2S/c1-6(11)8(10)5-7-3-2-4-9(7)12;/h7-8H,2-5,10H2,1H3;1H2/t7?,8-;/m0./s1. The molecule has 1 fully saturated rings. The smallest absolute Gasteiger partial charge is 0.146 e. The van der Waals surface area contributed by atoms with Crippen LogP contribution in [0, 0.1) is 5.92 Å². The topological polar surface area (TPSA) is 60.2 Å². The van der Waals surface area contributed by atoms with Gasteiger partial charge in [-0.25, -0.2) is 0 Å². The van der Waals surface area contributed by atoms with Gasteiger partial charge in [0, 0.05) is 12.3 Å². The zero-order valence-electron chi connectivity index (χ0n) is 7.88. The van der Waals surface area contributed by atoms with Crippen LogP contribution in [0.1, 0.15) is 32.6 Å². The third kappa shape index (κ3) is 3.48. The van der Waals surface area contributed by atoms with Crippen molar-refractivity contribution in [1.82, 2.24) is 0 Å². The molecule has 4 heteroatoms. The van der Waals surface area contributed by atoms with E-state index in [2.05, 4.69) is 0 Å². The molecule has 0 radical (unpaired) electrons. The Bertz CT molecular complexity index is 206. The van der Waals surface area contributed by atoms with Crippen molar-refractivity contribution in [2.75, 3.05) is 0 Å². The summed E-state index contributed by atoms with van der Waals surface area (Å²) in [5.74, 6) is 0.324. The van der Waals surface area contributed by atoms with Crippen LogP contribution >= 0.6 is 13.5 Å². The van der Waals surface area contributed by atoms with E-state index in [1.54, 1.807) is 0 Å². The molecular weight excluding hydrogens is 186 g/mol. The lowest BCUT2D eigenvalue weighted by Crippen LogP contribution is -2.31. The summed E-state index contributed by atoms with van der Waals surface area (Å²) in [7, 11) is 0. The average Bonchev–Trinajstić information content (AvgIpc) is 2.36. The van der Waals surface area contributed by atoms with Gasteiger partial charge in [-0.3, -0.25) is 9.59 Å². The van der Waals surface area contributed by atoms with Gasteiger partial charge in [0.2, 0.25) is 0 Å². The van der Waals surface area contributed by atoms with Crippen LogP contribution in [-0.4, -0.2) is 17.6 Å². The first kappa shape index (κ1) is 12.7. The average molecular weight is 203 g/mol. The molecule has 1 aliphatic rings. The van der Waals surface area contributed by atoms with Gasteiger partial charge in [-0.05, 0) is 26.2 Å². The van der Waals surface area contributed by atoms with Crippen molar-refractivity contribution in [3.8, 4) is 0 Å². The molecule has 3 nitrogen and oxygen atoms in total. The highest BCUT2D eigenvalue weighted by Crippen LogP contribution is 2.25. The van der Waals surface area contributed by atoms with Crippen molar-refractivity contribution in [3.05, 3.63) is 0 Å². The van der Waals surface area contributed by atoms with Crippen LogP contribution in [0.2, 0.25) is 0 Å². The Kier molecular flexibility index (Phi) is 5.25. The molecule has 2 atom stereocenters. The number of nitrogens with two attached hydrogens (primary N) is 1. The third-order valence-corrected chi connectivity index (χ3v) is 2.49. The number of ketones is 2. The second-order valence-corrected chi connectivity index (χ2v) is 3.51. The molecule has 13 heavy (non-hydrogen) atoms. The fourth-order valence-electron chi connectivity index (χ4n) is 1.61. The van der Waals surface area contributed by atoms with Gasteiger partial charge in [0.05, 0.1) is 6.04 Å². The second-order valence-electron chi connectivity index (χ2n) is 3.51. The first-order valence-corrected chi connectivity index (χ1v) is 4.40. The van der Waals surface area contributed by atoms with Crippen molar-refractivity contribution in [1.29, 1.82) is 0 Å². The molecule has 0 saturated heterocycles. The molecule has 76 valence electrons. The molecule has 0 amide bonds. The molecule has 0 aromatic carbocycles. The van der Waals surface area contributed by atoms with E-state index in [0.717, 1.165) is 12.8 Å². The Morgan fingerprint density at radius 2 is 2.31 bits per heavy atom. The first-order valence-electron chi connectivity index (χ1n) is 4.40. The maximum absolute atomic E-state index is 11.2. The highest BCUT2D eigenvalue weighted by atomic mass is 32.1. The van der Waals surface area contributed by atoms with E-state index in [0.29, 0.717) is 12.8 Å². The van der Waals surface area contributed by atoms with Crippen LogP contribution in [0.25, 0.3) is 0 Å². The molecule has 0 spiro atoms. The van der Waals surface area contributed by atoms with Crippen LogP contribution in [0.5, 0.6) is 0 Å². The quantitative estimate of drug-likeness (QED) is 0.737. The molecule has 1 saturated carbocycles. The van der Waals surface area contributed by atoms with Gasteiger partial charge in [-0.15, -0.1) is 0 Å². The maximum Gasteiger partial charge on any atom is 0.146 e. The maximum atomic E-state index is 11.2. The minimum atomic E-state index is -0.433. The van der Waals surface area contributed by atoms with Gasteiger partial charge in [0.25, 0.3) is 0 Å². The molecule has 0 aromatic heterocycles. The van der Waals surface area contributed by atoms with Crippen molar-refractivity contribution in [3.63, 3.8) is 0 Å².